The number of rotatable bonds is 5. The highest BCUT2D eigenvalue weighted by molar-refractivity contribution is 5.78. The molecule has 5 heteroatoms. The Kier molecular flexibility index (Phi) is 4.63. The molecule has 0 saturated carbocycles. The summed E-state index contributed by atoms with van der Waals surface area (Å²) in [4.78, 5) is 13.7. The summed E-state index contributed by atoms with van der Waals surface area (Å²) in [7, 11) is 1.57. The molecule has 0 unspecified atom stereocenters. The molecule has 0 aliphatic carbocycles. The van der Waals surface area contributed by atoms with E-state index in [4.69, 9.17) is 15.2 Å². The first-order valence-electron chi connectivity index (χ1n) is 6.52. The molecule has 1 amide bonds. The van der Waals surface area contributed by atoms with Crippen LogP contribution in [0.2, 0.25) is 0 Å². The third-order valence-electron chi connectivity index (χ3n) is 3.27. The molecule has 0 bridgehead atoms. The lowest BCUT2D eigenvalue weighted by Gasteiger charge is -2.16. The number of amides is 1. The summed E-state index contributed by atoms with van der Waals surface area (Å²) >= 11 is 0. The minimum absolute atomic E-state index is 0.0301. The Morgan fingerprint density at radius 2 is 2.05 bits per heavy atom. The normalized spacial score (nSPS) is 14.5. The highest BCUT2D eigenvalue weighted by atomic mass is 16.5. The second-order valence-electron chi connectivity index (χ2n) is 4.57. The predicted molar refractivity (Wildman–Crippen MR) is 72.2 cm³/mol. The molecule has 1 aliphatic rings. The van der Waals surface area contributed by atoms with Crippen molar-refractivity contribution in [2.45, 2.75) is 19.4 Å². The molecule has 1 saturated heterocycles. The first-order chi connectivity index (χ1) is 9.24. The summed E-state index contributed by atoms with van der Waals surface area (Å²) in [5.41, 5.74) is 6.54. The Morgan fingerprint density at radius 1 is 1.32 bits per heavy atom. The maximum Gasteiger partial charge on any atom is 0.260 e. The van der Waals surface area contributed by atoms with Gasteiger partial charge in [-0.2, -0.15) is 0 Å². The van der Waals surface area contributed by atoms with Crippen molar-refractivity contribution in [2.24, 2.45) is 5.73 Å². The number of likely N-dealkylation sites (tertiary alicyclic amines) is 1. The van der Waals surface area contributed by atoms with Crippen LogP contribution in [0.1, 0.15) is 18.4 Å². The van der Waals surface area contributed by atoms with E-state index in [9.17, 15) is 4.79 Å². The van der Waals surface area contributed by atoms with Crippen molar-refractivity contribution < 1.29 is 14.3 Å². The van der Waals surface area contributed by atoms with Crippen LogP contribution in [0, 0.1) is 0 Å². The van der Waals surface area contributed by atoms with Gasteiger partial charge < -0.3 is 20.1 Å². The zero-order valence-corrected chi connectivity index (χ0v) is 11.2. The van der Waals surface area contributed by atoms with Gasteiger partial charge in [-0.3, -0.25) is 4.79 Å². The van der Waals surface area contributed by atoms with Crippen molar-refractivity contribution >= 4 is 5.91 Å². The SMILES string of the molecule is COc1cc(CN)ccc1OCC(=O)N1CCCC1. The van der Waals surface area contributed by atoms with Gasteiger partial charge in [0.05, 0.1) is 7.11 Å². The van der Waals surface area contributed by atoms with Crippen LogP contribution in [0.5, 0.6) is 11.5 Å². The average molecular weight is 264 g/mol. The van der Waals surface area contributed by atoms with Gasteiger partial charge in [0.2, 0.25) is 0 Å². The number of hydrogen-bond donors (Lipinski definition) is 1. The van der Waals surface area contributed by atoms with Gasteiger partial charge in [0, 0.05) is 19.6 Å². The molecule has 0 spiro atoms. The van der Waals surface area contributed by atoms with E-state index in [0.717, 1.165) is 31.5 Å². The molecule has 104 valence electrons. The maximum absolute atomic E-state index is 11.9. The molecule has 0 aromatic heterocycles. The molecule has 1 aromatic rings. The minimum Gasteiger partial charge on any atom is -0.493 e. The molecular formula is C14H20N2O3. The van der Waals surface area contributed by atoms with Crippen LogP contribution in [-0.4, -0.2) is 37.6 Å². The van der Waals surface area contributed by atoms with Crippen LogP contribution < -0.4 is 15.2 Å². The van der Waals surface area contributed by atoms with Gasteiger partial charge in [0.15, 0.2) is 18.1 Å². The first-order valence-corrected chi connectivity index (χ1v) is 6.52. The number of benzene rings is 1. The summed E-state index contributed by atoms with van der Waals surface area (Å²) < 4.78 is 10.8. The number of carbonyl (C=O) groups is 1. The van der Waals surface area contributed by atoms with E-state index < -0.39 is 0 Å². The van der Waals surface area contributed by atoms with Crippen molar-refractivity contribution in [1.29, 1.82) is 0 Å². The van der Waals surface area contributed by atoms with Crippen molar-refractivity contribution in [2.75, 3.05) is 26.8 Å². The highest BCUT2D eigenvalue weighted by Crippen LogP contribution is 2.28. The van der Waals surface area contributed by atoms with E-state index in [0.29, 0.717) is 18.0 Å². The number of methoxy groups -OCH3 is 1. The standard InChI is InChI=1S/C14H20N2O3/c1-18-13-8-11(9-15)4-5-12(13)19-10-14(17)16-6-2-3-7-16/h4-5,8H,2-3,6-7,9-10,15H2,1H3. The summed E-state index contributed by atoms with van der Waals surface area (Å²) in [6.07, 6.45) is 2.17. The lowest BCUT2D eigenvalue weighted by molar-refractivity contribution is -0.132. The number of carbonyl (C=O) groups excluding carboxylic acids is 1. The molecule has 19 heavy (non-hydrogen) atoms. The predicted octanol–water partition coefficient (Wildman–Crippen LogP) is 1.16. The molecule has 0 radical (unpaired) electrons. The third kappa shape index (κ3) is 3.38. The van der Waals surface area contributed by atoms with E-state index in [1.54, 1.807) is 13.2 Å². The first kappa shape index (κ1) is 13.7. The topological polar surface area (TPSA) is 64.8 Å². The van der Waals surface area contributed by atoms with Gasteiger partial charge in [-0.15, -0.1) is 0 Å². The van der Waals surface area contributed by atoms with Gasteiger partial charge in [-0.05, 0) is 30.5 Å². The molecule has 2 rings (SSSR count). The largest absolute Gasteiger partial charge is 0.493 e. The van der Waals surface area contributed by atoms with Gasteiger partial charge in [0.25, 0.3) is 5.91 Å². The lowest BCUT2D eigenvalue weighted by atomic mass is 10.2. The quantitative estimate of drug-likeness (QED) is 0.866. The number of nitrogens with two attached hydrogens (primary N) is 1. The second kappa shape index (κ2) is 6.43. The molecule has 5 nitrogen and oxygen atoms in total. The van der Waals surface area contributed by atoms with Crippen LogP contribution in [0.3, 0.4) is 0 Å². The third-order valence-corrected chi connectivity index (χ3v) is 3.27. The van der Waals surface area contributed by atoms with Crippen LogP contribution in [-0.2, 0) is 11.3 Å². The Hall–Kier alpha value is -1.75. The van der Waals surface area contributed by atoms with E-state index in [1.807, 2.05) is 17.0 Å². The summed E-state index contributed by atoms with van der Waals surface area (Å²) in [6, 6.07) is 5.49. The van der Waals surface area contributed by atoms with Crippen LogP contribution >= 0.6 is 0 Å². The molecule has 1 aliphatic heterocycles. The van der Waals surface area contributed by atoms with Crippen molar-refractivity contribution in [3.8, 4) is 11.5 Å². The lowest BCUT2D eigenvalue weighted by Crippen LogP contribution is -2.32. The van der Waals surface area contributed by atoms with Crippen molar-refractivity contribution in [1.82, 2.24) is 4.90 Å². The number of nitrogens with zero attached hydrogens (tertiary/aromatic N) is 1. The average Bonchev–Trinajstić information content (AvgIpc) is 2.98. The van der Waals surface area contributed by atoms with Gasteiger partial charge >= 0.3 is 0 Å². The van der Waals surface area contributed by atoms with E-state index in [-0.39, 0.29) is 12.5 Å². The van der Waals surface area contributed by atoms with Gasteiger partial charge in [-0.25, -0.2) is 0 Å². The van der Waals surface area contributed by atoms with E-state index >= 15 is 0 Å². The summed E-state index contributed by atoms with van der Waals surface area (Å²) in [5, 5.41) is 0. The summed E-state index contributed by atoms with van der Waals surface area (Å²) in [6.45, 7) is 2.18. The maximum atomic E-state index is 11.9. The van der Waals surface area contributed by atoms with Crippen LogP contribution in [0.15, 0.2) is 18.2 Å². The van der Waals surface area contributed by atoms with Crippen LogP contribution in [0.25, 0.3) is 0 Å². The Balaban J connectivity index is 1.96. The molecule has 2 N–H and O–H groups in total. The van der Waals surface area contributed by atoms with E-state index in [1.165, 1.54) is 0 Å². The Bertz CT molecular complexity index is 442. The fraction of sp³-hybridized carbons (Fsp3) is 0.500. The molecule has 0 atom stereocenters. The number of ether oxygens (including phenoxy) is 2. The molecule has 1 aromatic carbocycles. The van der Waals surface area contributed by atoms with Crippen LogP contribution in [0.4, 0.5) is 0 Å². The van der Waals surface area contributed by atoms with Gasteiger partial charge in [-0.1, -0.05) is 6.07 Å². The summed E-state index contributed by atoms with van der Waals surface area (Å²) in [5.74, 6) is 1.21. The monoisotopic (exact) mass is 264 g/mol. The smallest absolute Gasteiger partial charge is 0.260 e. The number of hydrogen-bond acceptors (Lipinski definition) is 4. The Morgan fingerprint density at radius 3 is 2.68 bits per heavy atom. The zero-order valence-electron chi connectivity index (χ0n) is 11.2. The van der Waals surface area contributed by atoms with E-state index in [2.05, 4.69) is 0 Å². The molecular weight excluding hydrogens is 244 g/mol. The molecule has 1 fully saturated rings. The Labute approximate surface area is 113 Å². The highest BCUT2D eigenvalue weighted by Gasteiger charge is 2.18. The second-order valence-corrected chi connectivity index (χ2v) is 4.57. The zero-order chi connectivity index (χ0) is 13.7. The van der Waals surface area contributed by atoms with Crippen molar-refractivity contribution in [3.63, 3.8) is 0 Å². The fourth-order valence-corrected chi connectivity index (χ4v) is 2.16. The van der Waals surface area contributed by atoms with Crippen molar-refractivity contribution in [3.05, 3.63) is 23.8 Å². The minimum atomic E-state index is 0.0301. The fourth-order valence-electron chi connectivity index (χ4n) is 2.16. The molecule has 1 heterocycles. The van der Waals surface area contributed by atoms with Gasteiger partial charge in [0.1, 0.15) is 0 Å².